The van der Waals surface area contributed by atoms with Gasteiger partial charge in [-0.15, -0.1) is 9.12 Å². The van der Waals surface area contributed by atoms with Gasteiger partial charge in [-0.1, -0.05) is 0 Å². The SMILES string of the molecule is CO[Si](C)(CCCO[B]P)OC. The Morgan fingerprint density at radius 1 is 1.33 bits per heavy atom. The van der Waals surface area contributed by atoms with E-state index in [2.05, 4.69) is 15.7 Å². The molecule has 0 rings (SSSR count). The van der Waals surface area contributed by atoms with E-state index >= 15 is 0 Å². The van der Waals surface area contributed by atoms with Crippen molar-refractivity contribution in [2.75, 3.05) is 20.8 Å². The summed E-state index contributed by atoms with van der Waals surface area (Å²) in [6, 6.07) is 0.971. The van der Waals surface area contributed by atoms with Crippen molar-refractivity contribution < 1.29 is 13.5 Å². The zero-order chi connectivity index (χ0) is 9.45. The quantitative estimate of drug-likeness (QED) is 0.356. The molecule has 0 N–H and O–H groups in total. The number of rotatable bonds is 7. The minimum atomic E-state index is -1.85. The van der Waals surface area contributed by atoms with Crippen molar-refractivity contribution >= 4 is 24.9 Å². The first-order valence-corrected chi connectivity index (χ1v) is 7.13. The van der Waals surface area contributed by atoms with Gasteiger partial charge in [0.2, 0.25) is 0 Å². The van der Waals surface area contributed by atoms with E-state index in [1.165, 1.54) is 0 Å². The highest BCUT2D eigenvalue weighted by atomic mass is 31.0. The van der Waals surface area contributed by atoms with Gasteiger partial charge >= 0.3 is 15.8 Å². The summed E-state index contributed by atoms with van der Waals surface area (Å²) in [5, 5.41) is 0. The van der Waals surface area contributed by atoms with E-state index in [0.29, 0.717) is 0 Å². The molecule has 0 bridgehead atoms. The van der Waals surface area contributed by atoms with Crippen LogP contribution in [0.5, 0.6) is 0 Å². The topological polar surface area (TPSA) is 27.7 Å². The third kappa shape index (κ3) is 5.27. The maximum Gasteiger partial charge on any atom is 0.334 e. The van der Waals surface area contributed by atoms with Gasteiger partial charge in [0.1, 0.15) is 0 Å². The van der Waals surface area contributed by atoms with E-state index < -0.39 is 8.56 Å². The van der Waals surface area contributed by atoms with E-state index in [9.17, 15) is 0 Å². The van der Waals surface area contributed by atoms with Crippen molar-refractivity contribution in [2.45, 2.75) is 19.0 Å². The van der Waals surface area contributed by atoms with Gasteiger partial charge in [0, 0.05) is 20.8 Å². The van der Waals surface area contributed by atoms with Crippen LogP contribution in [0.25, 0.3) is 0 Å². The highest BCUT2D eigenvalue weighted by Gasteiger charge is 2.27. The van der Waals surface area contributed by atoms with Gasteiger partial charge < -0.3 is 13.5 Å². The Hall–Kier alpha value is 0.592. The Balaban J connectivity index is 3.45. The fraction of sp³-hybridized carbons (Fsp3) is 1.00. The Morgan fingerprint density at radius 3 is 2.33 bits per heavy atom. The normalized spacial score (nSPS) is 11.7. The summed E-state index contributed by atoms with van der Waals surface area (Å²) in [6.45, 7) is 2.79. The summed E-state index contributed by atoms with van der Waals surface area (Å²) in [7, 11) is 5.59. The van der Waals surface area contributed by atoms with Crippen molar-refractivity contribution in [2.24, 2.45) is 0 Å². The van der Waals surface area contributed by atoms with Crippen LogP contribution >= 0.6 is 9.12 Å². The lowest BCUT2D eigenvalue weighted by Crippen LogP contribution is -2.36. The Kier molecular flexibility index (Phi) is 7.39. The van der Waals surface area contributed by atoms with Crippen LogP contribution < -0.4 is 0 Å². The summed E-state index contributed by atoms with van der Waals surface area (Å²) in [6.07, 6.45) is 0.981. The largest absolute Gasteiger partial charge is 0.435 e. The van der Waals surface area contributed by atoms with E-state index in [4.69, 9.17) is 13.5 Å². The van der Waals surface area contributed by atoms with Crippen molar-refractivity contribution in [1.29, 1.82) is 0 Å². The summed E-state index contributed by atoms with van der Waals surface area (Å²) in [5.74, 6) is 0. The highest BCUT2D eigenvalue weighted by molar-refractivity contribution is 7.54. The molecule has 0 aromatic rings. The molecule has 0 heterocycles. The molecule has 0 fully saturated rings. The molecule has 0 aliphatic rings. The average Bonchev–Trinajstić information content (AvgIpc) is 2.12. The molecule has 6 heteroatoms. The van der Waals surface area contributed by atoms with Gasteiger partial charge in [-0.3, -0.25) is 0 Å². The van der Waals surface area contributed by atoms with Crippen LogP contribution in [0.3, 0.4) is 0 Å². The zero-order valence-corrected chi connectivity index (χ0v) is 10.2. The molecule has 1 atom stereocenters. The number of hydrogen-bond acceptors (Lipinski definition) is 3. The Morgan fingerprint density at radius 2 is 1.92 bits per heavy atom. The third-order valence-electron chi connectivity index (χ3n) is 1.85. The maximum absolute atomic E-state index is 5.31. The smallest absolute Gasteiger partial charge is 0.334 e. The first kappa shape index (κ1) is 12.6. The first-order valence-electron chi connectivity index (χ1n) is 3.94. The Labute approximate surface area is 78.8 Å². The summed E-state index contributed by atoms with van der Waals surface area (Å²) >= 11 is 0. The summed E-state index contributed by atoms with van der Waals surface area (Å²) < 4.78 is 15.7. The van der Waals surface area contributed by atoms with Crippen LogP contribution in [0.15, 0.2) is 0 Å². The Bertz CT molecular complexity index is 113. The molecule has 0 saturated heterocycles. The standard InChI is InChI=1S/C6H17BO3PSi/c1-8-12(3,9-2)6-4-5-10-7-11/h4-6,11H2,1-3H3. The van der Waals surface area contributed by atoms with Crippen LogP contribution in [0, 0.1) is 0 Å². The fourth-order valence-electron chi connectivity index (χ4n) is 0.832. The molecule has 1 unspecified atom stereocenters. The van der Waals surface area contributed by atoms with Gasteiger partial charge in [-0.05, 0) is 19.0 Å². The molecular formula is C6H17BO3PSi. The molecule has 0 saturated carbocycles. The maximum atomic E-state index is 5.31. The van der Waals surface area contributed by atoms with Gasteiger partial charge in [-0.2, -0.15) is 0 Å². The van der Waals surface area contributed by atoms with E-state index in [0.717, 1.165) is 19.1 Å². The minimum absolute atomic E-state index is 0.735. The lowest BCUT2D eigenvalue weighted by Gasteiger charge is -2.22. The minimum Gasteiger partial charge on any atom is -0.435 e. The molecule has 12 heavy (non-hydrogen) atoms. The van der Waals surface area contributed by atoms with E-state index in [1.54, 1.807) is 21.4 Å². The van der Waals surface area contributed by atoms with Crippen LogP contribution in [-0.2, 0) is 13.5 Å². The van der Waals surface area contributed by atoms with Gasteiger partial charge in [-0.25, -0.2) is 0 Å². The van der Waals surface area contributed by atoms with Crippen LogP contribution in [0.4, 0.5) is 0 Å². The molecule has 0 spiro atoms. The van der Waals surface area contributed by atoms with Crippen molar-refractivity contribution in [3.8, 4) is 0 Å². The molecule has 0 aliphatic heterocycles. The highest BCUT2D eigenvalue weighted by Crippen LogP contribution is 2.13. The summed E-state index contributed by atoms with van der Waals surface area (Å²) in [4.78, 5) is 0. The van der Waals surface area contributed by atoms with Crippen molar-refractivity contribution in [3.05, 3.63) is 0 Å². The second-order valence-electron chi connectivity index (χ2n) is 2.65. The van der Waals surface area contributed by atoms with Crippen LogP contribution in [-0.4, -0.2) is 36.6 Å². The van der Waals surface area contributed by atoms with Crippen molar-refractivity contribution in [3.63, 3.8) is 0 Å². The summed E-state index contributed by atoms with van der Waals surface area (Å²) in [5.41, 5.74) is 0. The van der Waals surface area contributed by atoms with Gasteiger partial charge in [0.05, 0.1) is 0 Å². The lowest BCUT2D eigenvalue weighted by atomic mass is 10.5. The lowest BCUT2D eigenvalue weighted by molar-refractivity contribution is 0.243. The van der Waals surface area contributed by atoms with Gasteiger partial charge in [0.15, 0.2) is 0 Å². The molecule has 0 amide bonds. The van der Waals surface area contributed by atoms with Gasteiger partial charge in [0.25, 0.3) is 0 Å². The first-order chi connectivity index (χ1) is 5.68. The molecule has 0 aromatic carbocycles. The fourth-order valence-corrected chi connectivity index (χ4v) is 2.33. The average molecular weight is 207 g/mol. The molecule has 3 nitrogen and oxygen atoms in total. The zero-order valence-electron chi connectivity index (χ0n) is 8.00. The van der Waals surface area contributed by atoms with Crippen molar-refractivity contribution in [1.82, 2.24) is 0 Å². The molecule has 1 radical (unpaired) electrons. The van der Waals surface area contributed by atoms with Crippen LogP contribution in [0.1, 0.15) is 6.42 Å². The molecule has 71 valence electrons. The van der Waals surface area contributed by atoms with E-state index in [-0.39, 0.29) is 0 Å². The third-order valence-corrected chi connectivity index (χ3v) is 5.03. The second kappa shape index (κ2) is 7.04. The van der Waals surface area contributed by atoms with Crippen LogP contribution in [0.2, 0.25) is 12.6 Å². The molecular weight excluding hydrogens is 190 g/mol. The number of hydrogen-bond donors (Lipinski definition) is 0. The molecule has 0 aliphatic carbocycles. The van der Waals surface area contributed by atoms with E-state index in [1.807, 2.05) is 0 Å². The molecule has 0 aromatic heterocycles. The monoisotopic (exact) mass is 207 g/mol. The predicted molar refractivity (Wildman–Crippen MR) is 56.5 cm³/mol. The predicted octanol–water partition coefficient (Wildman–Crippen LogP) is 1.17. The second-order valence-corrected chi connectivity index (χ2v) is 6.51.